The lowest BCUT2D eigenvalue weighted by Crippen LogP contribution is -2.46. The quantitative estimate of drug-likeness (QED) is 0.809. The first kappa shape index (κ1) is 11.3. The van der Waals surface area contributed by atoms with Crippen LogP contribution in [0.3, 0.4) is 0 Å². The highest BCUT2D eigenvalue weighted by Gasteiger charge is 2.16. The molecule has 0 bridgehead atoms. The van der Waals surface area contributed by atoms with Crippen LogP contribution >= 0.6 is 24.0 Å². The number of nitrogens with zero attached hydrogens (tertiary/aromatic N) is 2. The fraction of sp³-hybridized carbons (Fsp3) is 0.636. The zero-order valence-electron chi connectivity index (χ0n) is 8.93. The van der Waals surface area contributed by atoms with Crippen LogP contribution in [0.15, 0.2) is 17.5 Å². The minimum absolute atomic E-state index is 1.01. The summed E-state index contributed by atoms with van der Waals surface area (Å²) >= 11 is 6.09. The standard InChI is InChI=1S/C11H18N2S2/c14-9-2-4-12-5-7-13(8-6-12)11-3-1-10-15-11/h1,3,10,14H,2,4-9H2. The van der Waals surface area contributed by atoms with Gasteiger partial charge in [0.2, 0.25) is 0 Å². The summed E-state index contributed by atoms with van der Waals surface area (Å²) in [6.07, 6.45) is 1.21. The summed E-state index contributed by atoms with van der Waals surface area (Å²) in [5.74, 6) is 1.01. The third kappa shape index (κ3) is 3.13. The molecule has 2 heterocycles. The molecule has 1 aliphatic heterocycles. The molecule has 0 unspecified atom stereocenters. The molecule has 1 fully saturated rings. The zero-order chi connectivity index (χ0) is 10.5. The summed E-state index contributed by atoms with van der Waals surface area (Å²) in [5.41, 5.74) is 0. The minimum atomic E-state index is 1.01. The van der Waals surface area contributed by atoms with Crippen LogP contribution in [0.1, 0.15) is 6.42 Å². The number of rotatable bonds is 4. The largest absolute Gasteiger partial charge is 0.361 e. The molecule has 84 valence electrons. The summed E-state index contributed by atoms with van der Waals surface area (Å²) in [4.78, 5) is 5.03. The van der Waals surface area contributed by atoms with Crippen LogP contribution < -0.4 is 4.90 Å². The molecule has 0 spiro atoms. The van der Waals surface area contributed by atoms with E-state index >= 15 is 0 Å². The number of anilines is 1. The van der Waals surface area contributed by atoms with Gasteiger partial charge in [-0.2, -0.15) is 12.6 Å². The van der Waals surface area contributed by atoms with Gasteiger partial charge in [-0.3, -0.25) is 4.90 Å². The first-order valence-electron chi connectivity index (χ1n) is 5.52. The molecule has 0 aliphatic carbocycles. The first-order chi connectivity index (χ1) is 7.40. The lowest BCUT2D eigenvalue weighted by Gasteiger charge is -2.35. The number of thiol groups is 1. The van der Waals surface area contributed by atoms with Crippen molar-refractivity contribution in [1.82, 2.24) is 4.90 Å². The van der Waals surface area contributed by atoms with E-state index in [-0.39, 0.29) is 0 Å². The summed E-state index contributed by atoms with van der Waals surface area (Å²) in [6, 6.07) is 4.35. The van der Waals surface area contributed by atoms with E-state index in [1.54, 1.807) is 0 Å². The molecular formula is C11H18N2S2. The maximum absolute atomic E-state index is 4.25. The average molecular weight is 242 g/mol. The summed E-state index contributed by atoms with van der Waals surface area (Å²) in [5, 5.41) is 3.58. The van der Waals surface area contributed by atoms with Gasteiger partial charge in [0, 0.05) is 26.2 Å². The molecule has 0 N–H and O–H groups in total. The lowest BCUT2D eigenvalue weighted by molar-refractivity contribution is 0.259. The van der Waals surface area contributed by atoms with E-state index in [0.717, 1.165) is 5.75 Å². The van der Waals surface area contributed by atoms with Crippen molar-refractivity contribution in [2.24, 2.45) is 0 Å². The Bertz CT molecular complexity index is 266. The molecule has 0 radical (unpaired) electrons. The number of thiophene rings is 1. The smallest absolute Gasteiger partial charge is 0.0909 e. The Labute approximate surface area is 101 Å². The van der Waals surface area contributed by atoms with Crippen LogP contribution in [-0.4, -0.2) is 43.4 Å². The average Bonchev–Trinajstić information content (AvgIpc) is 2.80. The molecule has 2 rings (SSSR count). The highest BCUT2D eigenvalue weighted by Crippen LogP contribution is 2.22. The molecule has 1 aromatic heterocycles. The second kappa shape index (κ2) is 5.77. The van der Waals surface area contributed by atoms with Gasteiger partial charge in [-0.05, 0) is 36.2 Å². The molecule has 0 atom stereocenters. The first-order valence-corrected chi connectivity index (χ1v) is 7.03. The second-order valence-electron chi connectivity index (χ2n) is 3.86. The third-order valence-corrected chi connectivity index (χ3v) is 4.07. The maximum Gasteiger partial charge on any atom is 0.0909 e. The van der Waals surface area contributed by atoms with Crippen LogP contribution in [0, 0.1) is 0 Å². The molecule has 2 nitrogen and oxygen atoms in total. The monoisotopic (exact) mass is 242 g/mol. The summed E-state index contributed by atoms with van der Waals surface area (Å²) in [6.45, 7) is 5.96. The number of hydrogen-bond acceptors (Lipinski definition) is 4. The zero-order valence-corrected chi connectivity index (χ0v) is 10.6. The Morgan fingerprint density at radius 3 is 2.67 bits per heavy atom. The molecule has 1 saturated heterocycles. The van der Waals surface area contributed by atoms with E-state index in [4.69, 9.17) is 0 Å². The van der Waals surface area contributed by atoms with Gasteiger partial charge in [0.25, 0.3) is 0 Å². The van der Waals surface area contributed by atoms with Crippen molar-refractivity contribution in [2.45, 2.75) is 6.42 Å². The van der Waals surface area contributed by atoms with Gasteiger partial charge in [0.1, 0.15) is 0 Å². The van der Waals surface area contributed by atoms with Gasteiger partial charge in [-0.1, -0.05) is 0 Å². The van der Waals surface area contributed by atoms with Crippen molar-refractivity contribution in [1.29, 1.82) is 0 Å². The molecular weight excluding hydrogens is 224 g/mol. The van der Waals surface area contributed by atoms with Gasteiger partial charge < -0.3 is 4.90 Å². The molecule has 0 amide bonds. The predicted octanol–water partition coefficient (Wildman–Crippen LogP) is 2.19. The maximum atomic E-state index is 4.25. The highest BCUT2D eigenvalue weighted by molar-refractivity contribution is 7.80. The normalized spacial score (nSPS) is 18.3. The van der Waals surface area contributed by atoms with Crippen molar-refractivity contribution in [3.05, 3.63) is 17.5 Å². The fourth-order valence-corrected chi connectivity index (χ4v) is 2.86. The Balaban J connectivity index is 1.77. The Kier molecular flexibility index (Phi) is 4.35. The van der Waals surface area contributed by atoms with Crippen LogP contribution in [0.5, 0.6) is 0 Å². The van der Waals surface area contributed by atoms with Crippen molar-refractivity contribution in [2.75, 3.05) is 43.4 Å². The topological polar surface area (TPSA) is 6.48 Å². The van der Waals surface area contributed by atoms with Gasteiger partial charge in [-0.25, -0.2) is 0 Å². The van der Waals surface area contributed by atoms with Gasteiger partial charge in [-0.15, -0.1) is 11.3 Å². The predicted molar refractivity (Wildman–Crippen MR) is 71.4 cm³/mol. The SMILES string of the molecule is SCCCN1CCN(c2cccs2)CC1. The van der Waals surface area contributed by atoms with Crippen LogP contribution in [0.4, 0.5) is 5.00 Å². The number of hydrogen-bond donors (Lipinski definition) is 1. The fourth-order valence-electron chi connectivity index (χ4n) is 1.94. The highest BCUT2D eigenvalue weighted by atomic mass is 32.1. The van der Waals surface area contributed by atoms with Crippen LogP contribution in [0.2, 0.25) is 0 Å². The van der Waals surface area contributed by atoms with E-state index in [1.807, 2.05) is 11.3 Å². The number of piperazine rings is 1. The van der Waals surface area contributed by atoms with Crippen LogP contribution in [0.25, 0.3) is 0 Å². The Morgan fingerprint density at radius 1 is 1.27 bits per heavy atom. The van der Waals surface area contributed by atoms with Crippen molar-refractivity contribution < 1.29 is 0 Å². The Hall–Kier alpha value is -0.190. The third-order valence-electron chi connectivity index (χ3n) is 2.82. The molecule has 1 aliphatic rings. The van der Waals surface area contributed by atoms with Crippen LogP contribution in [-0.2, 0) is 0 Å². The summed E-state index contributed by atoms with van der Waals surface area (Å²) < 4.78 is 0. The molecule has 4 heteroatoms. The van der Waals surface area contributed by atoms with E-state index in [2.05, 4.69) is 39.9 Å². The molecule has 1 aromatic rings. The van der Waals surface area contributed by atoms with Gasteiger partial charge in [0.05, 0.1) is 5.00 Å². The van der Waals surface area contributed by atoms with Gasteiger partial charge in [0.15, 0.2) is 0 Å². The summed E-state index contributed by atoms with van der Waals surface area (Å²) in [7, 11) is 0. The van der Waals surface area contributed by atoms with Gasteiger partial charge >= 0.3 is 0 Å². The molecule has 0 saturated carbocycles. The molecule has 0 aromatic carbocycles. The second-order valence-corrected chi connectivity index (χ2v) is 5.23. The lowest BCUT2D eigenvalue weighted by atomic mass is 10.3. The van der Waals surface area contributed by atoms with E-state index in [9.17, 15) is 0 Å². The van der Waals surface area contributed by atoms with Crippen molar-refractivity contribution in [3.63, 3.8) is 0 Å². The van der Waals surface area contributed by atoms with Crippen molar-refractivity contribution in [3.8, 4) is 0 Å². The van der Waals surface area contributed by atoms with E-state index < -0.39 is 0 Å². The minimum Gasteiger partial charge on any atom is -0.361 e. The van der Waals surface area contributed by atoms with E-state index in [1.165, 1.54) is 44.1 Å². The Morgan fingerprint density at radius 2 is 2.07 bits per heavy atom. The van der Waals surface area contributed by atoms with Crippen molar-refractivity contribution >= 4 is 29.0 Å². The van der Waals surface area contributed by atoms with E-state index in [0.29, 0.717) is 0 Å². The molecule has 15 heavy (non-hydrogen) atoms.